The Morgan fingerprint density at radius 2 is 1.97 bits per heavy atom. The monoisotopic (exact) mass is 438 g/mol. The summed E-state index contributed by atoms with van der Waals surface area (Å²) >= 11 is 3.39. The predicted molar refractivity (Wildman–Crippen MR) is 125 cm³/mol. The minimum atomic E-state index is 0.162. The Bertz CT molecular complexity index is 1180. The van der Waals surface area contributed by atoms with E-state index < -0.39 is 0 Å². The van der Waals surface area contributed by atoms with Crippen molar-refractivity contribution in [2.24, 2.45) is 5.92 Å². The third kappa shape index (κ3) is 3.54. The van der Waals surface area contributed by atoms with Crippen LogP contribution in [0, 0.1) is 12.8 Å². The van der Waals surface area contributed by atoms with Crippen LogP contribution in [0.3, 0.4) is 0 Å². The van der Waals surface area contributed by atoms with E-state index in [2.05, 4.69) is 41.8 Å². The molecule has 0 bridgehead atoms. The molecule has 0 radical (unpaired) electrons. The highest BCUT2D eigenvalue weighted by molar-refractivity contribution is 7.20. The minimum Gasteiger partial charge on any atom is -0.338 e. The third-order valence-corrected chi connectivity index (χ3v) is 8.13. The van der Waals surface area contributed by atoms with Gasteiger partial charge in [0.1, 0.15) is 4.83 Å². The molecule has 0 saturated carbocycles. The number of thiazole rings is 1. The molecule has 156 valence electrons. The van der Waals surface area contributed by atoms with E-state index >= 15 is 0 Å². The molecule has 0 spiro atoms. The average molecular weight is 439 g/mol. The van der Waals surface area contributed by atoms with Crippen molar-refractivity contribution in [3.8, 4) is 0 Å². The molecule has 1 aromatic carbocycles. The van der Waals surface area contributed by atoms with E-state index in [1.807, 2.05) is 24.0 Å². The summed E-state index contributed by atoms with van der Waals surface area (Å²) in [5.74, 6) is 1.14. The Balaban J connectivity index is 1.30. The number of carbonyl (C=O) groups is 1. The van der Waals surface area contributed by atoms with Crippen LogP contribution in [0.4, 0.5) is 0 Å². The molecule has 5 rings (SSSR count). The first-order valence-electron chi connectivity index (χ1n) is 10.6. The number of benzene rings is 1. The highest BCUT2D eigenvalue weighted by Gasteiger charge is 2.28. The third-order valence-electron chi connectivity index (χ3n) is 5.80. The van der Waals surface area contributed by atoms with E-state index in [0.717, 1.165) is 58.8 Å². The molecule has 5 nitrogen and oxygen atoms in total. The summed E-state index contributed by atoms with van der Waals surface area (Å²) in [6.07, 6.45) is 1.97. The first-order valence-corrected chi connectivity index (χ1v) is 12.2. The molecule has 1 saturated heterocycles. The summed E-state index contributed by atoms with van der Waals surface area (Å²) in [7, 11) is 0. The van der Waals surface area contributed by atoms with Crippen LogP contribution in [0.1, 0.15) is 53.0 Å². The summed E-state index contributed by atoms with van der Waals surface area (Å²) < 4.78 is 3.32. The highest BCUT2D eigenvalue weighted by atomic mass is 32.1. The van der Waals surface area contributed by atoms with Crippen LogP contribution < -0.4 is 0 Å². The van der Waals surface area contributed by atoms with Crippen molar-refractivity contribution in [3.63, 3.8) is 0 Å². The van der Waals surface area contributed by atoms with Crippen LogP contribution in [0.5, 0.6) is 0 Å². The molecule has 1 amide bonds. The largest absolute Gasteiger partial charge is 0.338 e. The van der Waals surface area contributed by atoms with Crippen LogP contribution >= 0.6 is 22.7 Å². The molecule has 0 unspecified atom stereocenters. The molecule has 1 aliphatic rings. The second kappa shape index (κ2) is 7.78. The number of para-hydroxylation sites is 1. The summed E-state index contributed by atoms with van der Waals surface area (Å²) in [4.78, 5) is 22.0. The SMILES string of the molecule is Cc1nn(CC(C)C)c2sc(C(=O)N3CCC(c4nc5ccccc5s4)CC3)cc12. The zero-order valence-corrected chi connectivity index (χ0v) is 19.2. The van der Waals surface area contributed by atoms with Gasteiger partial charge in [-0.2, -0.15) is 5.10 Å². The van der Waals surface area contributed by atoms with Crippen LogP contribution in [-0.4, -0.2) is 38.7 Å². The van der Waals surface area contributed by atoms with Gasteiger partial charge in [-0.3, -0.25) is 9.48 Å². The molecule has 1 fully saturated rings. The van der Waals surface area contributed by atoms with Crippen molar-refractivity contribution in [1.29, 1.82) is 0 Å². The first-order chi connectivity index (χ1) is 14.5. The maximum atomic E-state index is 13.2. The van der Waals surface area contributed by atoms with Gasteiger partial charge in [-0.25, -0.2) is 4.98 Å². The van der Waals surface area contributed by atoms with Crippen molar-refractivity contribution < 1.29 is 4.79 Å². The smallest absolute Gasteiger partial charge is 0.264 e. The van der Waals surface area contributed by atoms with Crippen LogP contribution in [0.2, 0.25) is 0 Å². The minimum absolute atomic E-state index is 0.162. The molecular weight excluding hydrogens is 412 g/mol. The molecule has 0 aliphatic carbocycles. The molecule has 1 aliphatic heterocycles. The zero-order valence-electron chi connectivity index (χ0n) is 17.6. The van der Waals surface area contributed by atoms with Gasteiger partial charge in [-0.15, -0.1) is 22.7 Å². The number of aromatic nitrogens is 3. The molecule has 0 atom stereocenters. The highest BCUT2D eigenvalue weighted by Crippen LogP contribution is 2.35. The van der Waals surface area contributed by atoms with Crippen LogP contribution in [-0.2, 0) is 6.54 Å². The van der Waals surface area contributed by atoms with E-state index in [1.165, 1.54) is 9.71 Å². The number of amides is 1. The first kappa shape index (κ1) is 19.7. The summed E-state index contributed by atoms with van der Waals surface area (Å²) in [5.41, 5.74) is 2.10. The number of fused-ring (bicyclic) bond motifs is 2. The lowest BCUT2D eigenvalue weighted by molar-refractivity contribution is 0.0718. The van der Waals surface area contributed by atoms with E-state index in [0.29, 0.717) is 11.8 Å². The summed E-state index contributed by atoms with van der Waals surface area (Å²) in [6.45, 7) is 8.89. The Kier molecular flexibility index (Phi) is 5.11. The van der Waals surface area contributed by atoms with Gasteiger partial charge < -0.3 is 4.90 Å². The zero-order chi connectivity index (χ0) is 20.8. The molecule has 7 heteroatoms. The van der Waals surface area contributed by atoms with Gasteiger partial charge in [0.05, 0.1) is 25.8 Å². The number of carbonyl (C=O) groups excluding carboxylic acids is 1. The number of rotatable bonds is 4. The van der Waals surface area contributed by atoms with Crippen molar-refractivity contribution in [1.82, 2.24) is 19.7 Å². The maximum Gasteiger partial charge on any atom is 0.264 e. The predicted octanol–water partition coefficient (Wildman–Crippen LogP) is 5.69. The van der Waals surface area contributed by atoms with Gasteiger partial charge in [-0.05, 0) is 43.9 Å². The number of nitrogens with zero attached hydrogens (tertiary/aromatic N) is 4. The fourth-order valence-corrected chi connectivity index (χ4v) is 6.51. The second-order valence-electron chi connectivity index (χ2n) is 8.58. The van der Waals surface area contributed by atoms with Crippen molar-refractivity contribution in [3.05, 3.63) is 45.9 Å². The second-order valence-corrected chi connectivity index (χ2v) is 10.7. The summed E-state index contributed by atoms with van der Waals surface area (Å²) in [6, 6.07) is 10.4. The number of hydrogen-bond donors (Lipinski definition) is 0. The lowest BCUT2D eigenvalue weighted by Crippen LogP contribution is -2.37. The molecule has 30 heavy (non-hydrogen) atoms. The molecular formula is C23H26N4OS2. The molecule has 4 heterocycles. The normalized spacial score (nSPS) is 15.7. The molecule has 3 aromatic heterocycles. The van der Waals surface area contributed by atoms with Crippen molar-refractivity contribution >= 4 is 49.0 Å². The van der Waals surface area contributed by atoms with E-state index in [-0.39, 0.29) is 5.91 Å². The van der Waals surface area contributed by atoms with E-state index in [4.69, 9.17) is 4.98 Å². The maximum absolute atomic E-state index is 13.2. The Morgan fingerprint density at radius 3 is 2.70 bits per heavy atom. The van der Waals surface area contributed by atoms with Gasteiger partial charge in [0, 0.05) is 30.9 Å². The lowest BCUT2D eigenvalue weighted by atomic mass is 9.97. The van der Waals surface area contributed by atoms with Crippen LogP contribution in [0.25, 0.3) is 20.4 Å². The number of thiophene rings is 1. The lowest BCUT2D eigenvalue weighted by Gasteiger charge is -2.30. The average Bonchev–Trinajstić information content (AvgIpc) is 3.43. The molecule has 0 N–H and O–H groups in total. The number of piperidine rings is 1. The van der Waals surface area contributed by atoms with Crippen molar-refractivity contribution in [2.45, 2.75) is 46.1 Å². The standard InChI is InChI=1S/C23H26N4OS2/c1-14(2)13-27-23-17(15(3)25-27)12-20(30-23)22(28)26-10-8-16(9-11-26)21-24-18-6-4-5-7-19(18)29-21/h4-7,12,14,16H,8-11,13H2,1-3H3. The number of likely N-dealkylation sites (tertiary alicyclic amines) is 1. The van der Waals surface area contributed by atoms with Gasteiger partial charge in [0.2, 0.25) is 0 Å². The molecule has 4 aromatic rings. The fourth-order valence-electron chi connectivity index (χ4n) is 4.24. The Morgan fingerprint density at radius 1 is 1.20 bits per heavy atom. The van der Waals surface area contributed by atoms with Gasteiger partial charge in [-0.1, -0.05) is 26.0 Å². The number of hydrogen-bond acceptors (Lipinski definition) is 5. The summed E-state index contributed by atoms with van der Waals surface area (Å²) in [5, 5.41) is 7.00. The Hall–Kier alpha value is -2.25. The van der Waals surface area contributed by atoms with Gasteiger partial charge in [0.25, 0.3) is 5.91 Å². The van der Waals surface area contributed by atoms with Crippen LogP contribution in [0.15, 0.2) is 30.3 Å². The van der Waals surface area contributed by atoms with E-state index in [1.54, 1.807) is 22.7 Å². The van der Waals surface area contributed by atoms with Gasteiger partial charge >= 0.3 is 0 Å². The quantitative estimate of drug-likeness (QED) is 0.411. The number of aryl methyl sites for hydroxylation is 1. The van der Waals surface area contributed by atoms with Crippen molar-refractivity contribution in [2.75, 3.05) is 13.1 Å². The Labute approximate surface area is 184 Å². The van der Waals surface area contributed by atoms with E-state index in [9.17, 15) is 4.79 Å². The fraction of sp³-hybridized carbons (Fsp3) is 0.435. The topological polar surface area (TPSA) is 51.0 Å². The van der Waals surface area contributed by atoms with Gasteiger partial charge in [0.15, 0.2) is 0 Å².